The van der Waals surface area contributed by atoms with Crippen LogP contribution in [0, 0.1) is 0 Å². The molecule has 27 heavy (non-hydrogen) atoms. The largest absolute Gasteiger partial charge is 0.465 e. The number of hydrogen-bond donors (Lipinski definition) is 2. The van der Waals surface area contributed by atoms with Gasteiger partial charge in [-0.2, -0.15) is 13.2 Å². The van der Waals surface area contributed by atoms with Crippen molar-refractivity contribution < 1.29 is 32.6 Å². The molecule has 1 aliphatic rings. The van der Waals surface area contributed by atoms with E-state index >= 15 is 0 Å². The van der Waals surface area contributed by atoms with Crippen LogP contribution in [-0.2, 0) is 10.9 Å². The second kappa shape index (κ2) is 7.28. The van der Waals surface area contributed by atoms with Gasteiger partial charge in [0.1, 0.15) is 5.60 Å². The molecule has 0 radical (unpaired) electrons. The van der Waals surface area contributed by atoms with Crippen molar-refractivity contribution in [3.63, 3.8) is 0 Å². The predicted octanol–water partition coefficient (Wildman–Crippen LogP) is 4.94. The molecule has 2 unspecified atom stereocenters. The maximum absolute atomic E-state index is 13.1. The summed E-state index contributed by atoms with van der Waals surface area (Å²) in [5, 5.41) is 12.1. The number of hydrogen-bond acceptors (Lipinski definition) is 3. The Morgan fingerprint density at radius 2 is 1.93 bits per heavy atom. The number of alkyl halides is 3. The number of nitrogens with zero attached hydrogens (tertiary/aromatic N) is 1. The monoisotopic (exact) mass is 388 g/mol. The van der Waals surface area contributed by atoms with Gasteiger partial charge in [-0.25, -0.2) is 9.59 Å². The number of carbonyl (C=O) groups excluding carboxylic acids is 1. The summed E-state index contributed by atoms with van der Waals surface area (Å²) in [5.41, 5.74) is -1.44. The number of fused-ring (bicyclic) bond motifs is 1. The van der Waals surface area contributed by atoms with E-state index in [0.29, 0.717) is 6.42 Å². The molecule has 1 aliphatic heterocycles. The Bertz CT molecular complexity index is 728. The van der Waals surface area contributed by atoms with Crippen molar-refractivity contribution in [3.8, 4) is 0 Å². The maximum atomic E-state index is 13.1. The van der Waals surface area contributed by atoms with Gasteiger partial charge in [-0.1, -0.05) is 6.92 Å². The molecule has 1 aromatic carbocycles. The Balaban J connectivity index is 2.47. The Morgan fingerprint density at radius 3 is 2.41 bits per heavy atom. The van der Waals surface area contributed by atoms with Gasteiger partial charge in [-0.3, -0.25) is 4.90 Å². The van der Waals surface area contributed by atoms with Crippen molar-refractivity contribution in [3.05, 3.63) is 29.3 Å². The minimum atomic E-state index is -4.58. The molecular weight excluding hydrogens is 365 g/mol. The first-order chi connectivity index (χ1) is 12.3. The average Bonchev–Trinajstić information content (AvgIpc) is 2.50. The molecule has 150 valence electrons. The Morgan fingerprint density at radius 1 is 1.30 bits per heavy atom. The molecule has 2 atom stereocenters. The lowest BCUT2D eigenvalue weighted by Crippen LogP contribution is -2.47. The Kier molecular flexibility index (Phi) is 5.63. The third-order valence-corrected chi connectivity index (χ3v) is 4.23. The van der Waals surface area contributed by atoms with E-state index in [0.717, 1.165) is 23.1 Å². The number of nitrogens with one attached hydrogen (secondary N) is 1. The lowest BCUT2D eigenvalue weighted by Gasteiger charge is -2.39. The molecule has 9 heteroatoms. The van der Waals surface area contributed by atoms with Gasteiger partial charge in [0.2, 0.25) is 0 Å². The van der Waals surface area contributed by atoms with Crippen LogP contribution >= 0.6 is 0 Å². The number of alkyl carbamates (subject to hydrolysis) is 1. The van der Waals surface area contributed by atoms with Crippen molar-refractivity contribution >= 4 is 17.9 Å². The molecular formula is C18H23F3N2O4. The zero-order valence-corrected chi connectivity index (χ0v) is 15.6. The number of amides is 2. The van der Waals surface area contributed by atoms with Gasteiger partial charge in [-0.05, 0) is 57.4 Å². The first-order valence-corrected chi connectivity index (χ1v) is 8.56. The highest BCUT2D eigenvalue weighted by molar-refractivity contribution is 5.89. The van der Waals surface area contributed by atoms with E-state index in [4.69, 9.17) is 4.74 Å². The van der Waals surface area contributed by atoms with Crippen LogP contribution in [0.4, 0.5) is 28.4 Å². The van der Waals surface area contributed by atoms with Crippen LogP contribution in [0.25, 0.3) is 0 Å². The summed E-state index contributed by atoms with van der Waals surface area (Å²) in [7, 11) is 0. The normalized spacial score (nSPS) is 20.0. The molecule has 1 heterocycles. The minimum Gasteiger partial charge on any atom is -0.465 e. The third-order valence-electron chi connectivity index (χ3n) is 4.23. The highest BCUT2D eigenvalue weighted by Gasteiger charge is 2.39. The molecule has 2 N–H and O–H groups in total. The van der Waals surface area contributed by atoms with Crippen molar-refractivity contribution in [1.82, 2.24) is 5.32 Å². The number of carboxylic acid groups (broad SMARTS) is 1. The number of ether oxygens (including phenoxy) is 1. The van der Waals surface area contributed by atoms with E-state index in [1.807, 2.05) is 0 Å². The number of benzene rings is 1. The average molecular weight is 388 g/mol. The lowest BCUT2D eigenvalue weighted by molar-refractivity contribution is -0.137. The Labute approximate surface area is 155 Å². The van der Waals surface area contributed by atoms with E-state index in [-0.39, 0.29) is 17.7 Å². The fraction of sp³-hybridized carbons (Fsp3) is 0.556. The fourth-order valence-corrected chi connectivity index (χ4v) is 3.13. The van der Waals surface area contributed by atoms with Crippen molar-refractivity contribution in [1.29, 1.82) is 0 Å². The van der Waals surface area contributed by atoms with Gasteiger partial charge < -0.3 is 15.2 Å². The predicted molar refractivity (Wildman–Crippen MR) is 92.8 cm³/mol. The highest BCUT2D eigenvalue weighted by atomic mass is 19.4. The molecule has 0 spiro atoms. The molecule has 0 bridgehead atoms. The number of rotatable bonds is 2. The number of carbonyl (C=O) groups is 2. The Hall–Kier alpha value is -2.45. The molecule has 0 saturated heterocycles. The molecule has 0 aromatic heterocycles. The van der Waals surface area contributed by atoms with E-state index in [9.17, 15) is 27.9 Å². The molecule has 0 saturated carbocycles. The molecule has 2 rings (SSSR count). The van der Waals surface area contributed by atoms with Crippen LogP contribution in [0.15, 0.2) is 18.2 Å². The summed E-state index contributed by atoms with van der Waals surface area (Å²) in [6.07, 6.45) is -6.01. The van der Waals surface area contributed by atoms with E-state index < -0.39 is 41.6 Å². The van der Waals surface area contributed by atoms with E-state index in [1.165, 1.54) is 0 Å². The van der Waals surface area contributed by atoms with Crippen LogP contribution in [0.1, 0.15) is 57.7 Å². The second-order valence-corrected chi connectivity index (χ2v) is 7.42. The highest BCUT2D eigenvalue weighted by Crippen LogP contribution is 2.41. The van der Waals surface area contributed by atoms with Crippen molar-refractivity contribution in [2.45, 2.75) is 64.4 Å². The fourth-order valence-electron chi connectivity index (χ4n) is 3.13. The summed E-state index contributed by atoms with van der Waals surface area (Å²) >= 11 is 0. The van der Waals surface area contributed by atoms with Gasteiger partial charge in [0, 0.05) is 6.04 Å². The van der Waals surface area contributed by atoms with Gasteiger partial charge in [-0.15, -0.1) is 0 Å². The van der Waals surface area contributed by atoms with Crippen LogP contribution in [0.3, 0.4) is 0 Å². The van der Waals surface area contributed by atoms with E-state index in [1.54, 1.807) is 27.7 Å². The summed E-state index contributed by atoms with van der Waals surface area (Å²) in [5.74, 6) is 0. The van der Waals surface area contributed by atoms with Crippen molar-refractivity contribution in [2.24, 2.45) is 0 Å². The van der Waals surface area contributed by atoms with Gasteiger partial charge >= 0.3 is 18.4 Å². The van der Waals surface area contributed by atoms with Crippen LogP contribution < -0.4 is 10.2 Å². The van der Waals surface area contributed by atoms with Gasteiger partial charge in [0.15, 0.2) is 0 Å². The summed E-state index contributed by atoms with van der Waals surface area (Å²) in [6, 6.07) is 1.60. The zero-order chi connectivity index (χ0) is 20.6. The summed E-state index contributed by atoms with van der Waals surface area (Å²) in [6.45, 7) is 6.79. The van der Waals surface area contributed by atoms with Crippen LogP contribution in [0.5, 0.6) is 0 Å². The summed E-state index contributed by atoms with van der Waals surface area (Å²) in [4.78, 5) is 24.9. The third kappa shape index (κ3) is 4.84. The summed E-state index contributed by atoms with van der Waals surface area (Å²) < 4.78 is 44.6. The number of anilines is 1. The molecule has 0 aliphatic carbocycles. The molecule has 2 amide bonds. The van der Waals surface area contributed by atoms with Gasteiger partial charge in [0.05, 0.1) is 17.3 Å². The van der Waals surface area contributed by atoms with Gasteiger partial charge in [0.25, 0.3) is 0 Å². The SMILES string of the molecule is CCC1CC(NC(=O)OC(C)(C)C)c2cc(C(F)(F)F)ccc2N1C(=O)O. The topological polar surface area (TPSA) is 78.9 Å². The van der Waals surface area contributed by atoms with Crippen LogP contribution in [-0.4, -0.2) is 28.9 Å². The number of halogens is 3. The molecule has 1 aromatic rings. The van der Waals surface area contributed by atoms with Crippen molar-refractivity contribution in [2.75, 3.05) is 4.90 Å². The molecule has 0 fully saturated rings. The minimum absolute atomic E-state index is 0.0998. The maximum Gasteiger partial charge on any atom is 0.416 e. The molecule has 6 nitrogen and oxygen atoms in total. The first kappa shape index (κ1) is 20.9. The van der Waals surface area contributed by atoms with E-state index in [2.05, 4.69) is 5.32 Å². The first-order valence-electron chi connectivity index (χ1n) is 8.56. The quantitative estimate of drug-likeness (QED) is 0.752. The van der Waals surface area contributed by atoms with Crippen LogP contribution in [0.2, 0.25) is 0 Å². The smallest absolute Gasteiger partial charge is 0.416 e. The zero-order valence-electron chi connectivity index (χ0n) is 15.6. The second-order valence-electron chi connectivity index (χ2n) is 7.42. The standard InChI is InChI=1S/C18H23F3N2O4/c1-5-11-9-13(22-15(24)27-17(2,3)4)12-8-10(18(19,20)21)6-7-14(12)23(11)16(25)26/h6-8,11,13H,5,9H2,1-4H3,(H,22,24)(H,25,26). The lowest BCUT2D eigenvalue weighted by atomic mass is 9.89.